The number of amides is 1. The highest BCUT2D eigenvalue weighted by Gasteiger charge is 2.23. The average Bonchev–Trinajstić information content (AvgIpc) is 3.20. The van der Waals surface area contributed by atoms with Crippen molar-refractivity contribution >= 4 is 46.9 Å². The van der Waals surface area contributed by atoms with E-state index in [-0.39, 0.29) is 24.4 Å². The third-order valence-electron chi connectivity index (χ3n) is 4.49. The third-order valence-corrected chi connectivity index (χ3v) is 4.80. The first-order chi connectivity index (χ1) is 12.1. The maximum atomic E-state index is 12.6. The van der Waals surface area contributed by atoms with Gasteiger partial charge in [0.2, 0.25) is 5.95 Å². The van der Waals surface area contributed by atoms with Crippen LogP contribution in [0.25, 0.3) is 11.0 Å². The summed E-state index contributed by atoms with van der Waals surface area (Å²) in [5.74, 6) is -0.00298. The predicted molar refractivity (Wildman–Crippen MR) is 102 cm³/mol. The maximum absolute atomic E-state index is 12.6. The van der Waals surface area contributed by atoms with E-state index in [9.17, 15) is 4.79 Å². The number of fused-ring (bicyclic) bond motifs is 1. The lowest BCUT2D eigenvalue weighted by Gasteiger charge is -2.23. The standard InChI is InChI=1S/C16H18ClN7O.ClH/c1-9-13(22-23-24(9)10-5-7-18-8-6-10)15(25)21-16-19-12-4-2-3-11(17)14(12)20-16;/h2-4,10,18H,5-8H2,1H3,(H2,19,20,21,25);1H. The van der Waals surface area contributed by atoms with Crippen LogP contribution in [0.15, 0.2) is 18.2 Å². The summed E-state index contributed by atoms with van der Waals surface area (Å²) in [4.78, 5) is 19.9. The van der Waals surface area contributed by atoms with E-state index in [0.29, 0.717) is 22.2 Å². The largest absolute Gasteiger partial charge is 0.324 e. The molecule has 0 radical (unpaired) electrons. The van der Waals surface area contributed by atoms with Gasteiger partial charge < -0.3 is 10.3 Å². The molecule has 8 nitrogen and oxygen atoms in total. The van der Waals surface area contributed by atoms with Crippen LogP contribution in [0.3, 0.4) is 0 Å². The van der Waals surface area contributed by atoms with Gasteiger partial charge in [0, 0.05) is 0 Å². The summed E-state index contributed by atoms with van der Waals surface area (Å²) in [5.41, 5.74) is 2.45. The number of benzene rings is 1. The smallest absolute Gasteiger partial charge is 0.280 e. The Bertz CT molecular complexity index is 930. The molecule has 0 atom stereocenters. The molecule has 2 aromatic heterocycles. The molecular weight excluding hydrogens is 377 g/mol. The molecule has 3 N–H and O–H groups in total. The number of halogens is 2. The molecule has 0 saturated carbocycles. The van der Waals surface area contributed by atoms with Crippen molar-refractivity contribution in [1.82, 2.24) is 30.3 Å². The second-order valence-electron chi connectivity index (χ2n) is 6.12. The number of hydrogen-bond donors (Lipinski definition) is 3. The molecule has 1 aliphatic rings. The Hall–Kier alpha value is -2.16. The number of nitrogens with one attached hydrogen (secondary N) is 3. The summed E-state index contributed by atoms with van der Waals surface area (Å²) in [6, 6.07) is 5.71. The molecule has 1 fully saturated rings. The van der Waals surface area contributed by atoms with Crippen LogP contribution in [0.5, 0.6) is 0 Å². The summed E-state index contributed by atoms with van der Waals surface area (Å²) in [6.07, 6.45) is 1.96. The number of aromatic nitrogens is 5. The van der Waals surface area contributed by atoms with E-state index in [1.807, 2.05) is 23.7 Å². The SMILES string of the molecule is Cc1c(C(=O)Nc2nc3c(Cl)cccc3[nH]2)nnn1C1CCNCC1.Cl. The lowest BCUT2D eigenvalue weighted by atomic mass is 10.1. The molecule has 3 heterocycles. The Labute approximate surface area is 161 Å². The van der Waals surface area contributed by atoms with Crippen molar-refractivity contribution in [3.63, 3.8) is 0 Å². The van der Waals surface area contributed by atoms with Crippen molar-refractivity contribution in [3.8, 4) is 0 Å². The Morgan fingerprint density at radius 2 is 2.12 bits per heavy atom. The van der Waals surface area contributed by atoms with E-state index >= 15 is 0 Å². The number of para-hydroxylation sites is 1. The van der Waals surface area contributed by atoms with Gasteiger partial charge in [-0.15, -0.1) is 17.5 Å². The number of carbonyl (C=O) groups is 1. The Morgan fingerprint density at radius 1 is 1.35 bits per heavy atom. The van der Waals surface area contributed by atoms with Crippen molar-refractivity contribution in [3.05, 3.63) is 34.6 Å². The van der Waals surface area contributed by atoms with Gasteiger partial charge in [-0.1, -0.05) is 22.9 Å². The maximum Gasteiger partial charge on any atom is 0.280 e. The molecule has 3 aromatic rings. The fourth-order valence-corrected chi connectivity index (χ4v) is 3.39. The second-order valence-corrected chi connectivity index (χ2v) is 6.53. The van der Waals surface area contributed by atoms with Crippen molar-refractivity contribution in [2.24, 2.45) is 0 Å². The predicted octanol–water partition coefficient (Wildman–Crippen LogP) is 2.71. The first-order valence-corrected chi connectivity index (χ1v) is 8.59. The monoisotopic (exact) mass is 395 g/mol. The van der Waals surface area contributed by atoms with Crippen molar-refractivity contribution in [2.45, 2.75) is 25.8 Å². The molecule has 0 unspecified atom stereocenters. The van der Waals surface area contributed by atoms with Crippen LogP contribution in [0, 0.1) is 6.92 Å². The second kappa shape index (κ2) is 7.61. The van der Waals surface area contributed by atoms with Gasteiger partial charge in [-0.2, -0.15) is 0 Å². The van der Waals surface area contributed by atoms with Gasteiger partial charge >= 0.3 is 0 Å². The Balaban J connectivity index is 0.00000196. The molecule has 0 spiro atoms. The van der Waals surface area contributed by atoms with Gasteiger partial charge in [0.15, 0.2) is 5.69 Å². The number of aromatic amines is 1. The van der Waals surface area contributed by atoms with Crippen LogP contribution in [0.2, 0.25) is 5.02 Å². The highest BCUT2D eigenvalue weighted by molar-refractivity contribution is 6.35. The molecule has 0 aliphatic carbocycles. The van der Waals surface area contributed by atoms with Crippen LogP contribution < -0.4 is 10.6 Å². The lowest BCUT2D eigenvalue weighted by Crippen LogP contribution is -2.30. The summed E-state index contributed by atoms with van der Waals surface area (Å²) in [6.45, 7) is 3.77. The molecule has 26 heavy (non-hydrogen) atoms. The molecule has 1 saturated heterocycles. The normalized spacial score (nSPS) is 15.0. The summed E-state index contributed by atoms with van der Waals surface area (Å²) in [7, 11) is 0. The quantitative estimate of drug-likeness (QED) is 0.632. The van der Waals surface area contributed by atoms with E-state index < -0.39 is 0 Å². The van der Waals surface area contributed by atoms with Crippen LogP contribution in [0.4, 0.5) is 5.95 Å². The van der Waals surface area contributed by atoms with E-state index in [1.165, 1.54) is 0 Å². The molecular formula is C16H19Cl2N7O. The fraction of sp³-hybridized carbons (Fsp3) is 0.375. The van der Waals surface area contributed by atoms with Gasteiger partial charge in [0.25, 0.3) is 5.91 Å². The van der Waals surface area contributed by atoms with E-state index in [4.69, 9.17) is 11.6 Å². The Morgan fingerprint density at radius 3 is 2.85 bits per heavy atom. The van der Waals surface area contributed by atoms with Gasteiger partial charge in [0.05, 0.1) is 22.3 Å². The topological polar surface area (TPSA) is 101 Å². The first kappa shape index (κ1) is 18.6. The third kappa shape index (κ3) is 3.40. The zero-order valence-electron chi connectivity index (χ0n) is 14.1. The van der Waals surface area contributed by atoms with Gasteiger partial charge in [-0.25, -0.2) is 9.67 Å². The minimum absolute atomic E-state index is 0. The van der Waals surface area contributed by atoms with Crippen LogP contribution in [0.1, 0.15) is 35.1 Å². The number of rotatable bonds is 3. The highest BCUT2D eigenvalue weighted by Crippen LogP contribution is 2.23. The van der Waals surface area contributed by atoms with Crippen LogP contribution >= 0.6 is 24.0 Å². The molecule has 0 bridgehead atoms. The molecule has 1 amide bonds. The van der Waals surface area contributed by atoms with Crippen LogP contribution in [-0.4, -0.2) is 44.0 Å². The Kier molecular flexibility index (Phi) is 5.45. The number of hydrogen-bond acceptors (Lipinski definition) is 5. The number of H-pyrrole nitrogens is 1. The van der Waals surface area contributed by atoms with Gasteiger partial charge in [0.1, 0.15) is 5.52 Å². The first-order valence-electron chi connectivity index (χ1n) is 8.21. The number of carbonyl (C=O) groups excluding carboxylic acids is 1. The zero-order valence-corrected chi connectivity index (χ0v) is 15.7. The number of nitrogens with zero attached hydrogens (tertiary/aromatic N) is 4. The molecule has 4 rings (SSSR count). The van der Waals surface area contributed by atoms with Gasteiger partial charge in [-0.05, 0) is 45.0 Å². The van der Waals surface area contributed by atoms with E-state index in [0.717, 1.165) is 37.1 Å². The van der Waals surface area contributed by atoms with E-state index in [2.05, 4.69) is 30.9 Å². The molecule has 10 heteroatoms. The van der Waals surface area contributed by atoms with Crippen LogP contribution in [-0.2, 0) is 0 Å². The fourth-order valence-electron chi connectivity index (χ4n) is 3.17. The minimum Gasteiger partial charge on any atom is -0.324 e. The zero-order chi connectivity index (χ0) is 17.4. The van der Waals surface area contributed by atoms with Crippen molar-refractivity contribution < 1.29 is 4.79 Å². The molecule has 138 valence electrons. The summed E-state index contributed by atoms with van der Waals surface area (Å²) in [5, 5.41) is 14.8. The highest BCUT2D eigenvalue weighted by atomic mass is 35.5. The van der Waals surface area contributed by atoms with Gasteiger partial charge in [-0.3, -0.25) is 10.1 Å². The van der Waals surface area contributed by atoms with Crippen molar-refractivity contribution in [2.75, 3.05) is 18.4 Å². The summed E-state index contributed by atoms with van der Waals surface area (Å²) < 4.78 is 1.85. The lowest BCUT2D eigenvalue weighted by molar-refractivity contribution is 0.102. The number of piperidine rings is 1. The molecule has 1 aromatic carbocycles. The summed E-state index contributed by atoms with van der Waals surface area (Å²) >= 11 is 6.11. The molecule has 1 aliphatic heterocycles. The van der Waals surface area contributed by atoms with E-state index in [1.54, 1.807) is 6.07 Å². The number of imidazole rings is 1. The minimum atomic E-state index is -0.340. The van der Waals surface area contributed by atoms with Crippen molar-refractivity contribution in [1.29, 1.82) is 0 Å². The number of anilines is 1. The average molecular weight is 396 g/mol.